The number of rotatable bonds is 4. The molecule has 0 aromatic heterocycles. The number of hydrogen-bond acceptors (Lipinski definition) is 5. The number of benzene rings is 1. The van der Waals surface area contributed by atoms with Crippen LogP contribution in [0.3, 0.4) is 0 Å². The second-order valence-electron chi connectivity index (χ2n) is 6.25. The van der Waals surface area contributed by atoms with Crippen molar-refractivity contribution in [2.45, 2.75) is 32.4 Å². The van der Waals surface area contributed by atoms with E-state index in [9.17, 15) is 9.59 Å². The third-order valence-corrected chi connectivity index (χ3v) is 5.79. The van der Waals surface area contributed by atoms with Gasteiger partial charge in [-0.05, 0) is 11.5 Å². The molecule has 6 heteroatoms. The summed E-state index contributed by atoms with van der Waals surface area (Å²) in [4.78, 5) is 26.2. The van der Waals surface area contributed by atoms with Gasteiger partial charge in [-0.3, -0.25) is 9.69 Å². The van der Waals surface area contributed by atoms with Crippen molar-refractivity contribution in [1.82, 2.24) is 4.90 Å². The molecule has 2 atom stereocenters. The van der Waals surface area contributed by atoms with Crippen LogP contribution in [0.25, 0.3) is 5.57 Å². The Morgan fingerprint density at radius 1 is 1.38 bits per heavy atom. The Bertz CT molecular complexity index is 699. The van der Waals surface area contributed by atoms with E-state index in [0.717, 1.165) is 16.9 Å². The van der Waals surface area contributed by atoms with Gasteiger partial charge in [-0.2, -0.15) is 0 Å². The average molecular weight is 361 g/mol. The molecule has 3 rings (SSSR count). The zero-order valence-electron chi connectivity index (χ0n) is 13.6. The Morgan fingerprint density at radius 2 is 2.08 bits per heavy atom. The maximum Gasteiger partial charge on any atom is 0.331 e. The van der Waals surface area contributed by atoms with Crippen molar-refractivity contribution in [3.63, 3.8) is 0 Å². The Kier molecular flexibility index (Phi) is 5.06. The van der Waals surface area contributed by atoms with Crippen molar-refractivity contribution in [2.75, 3.05) is 5.75 Å². The molecule has 1 aromatic carbocycles. The Balaban J connectivity index is 1.77. The third-order valence-electron chi connectivity index (χ3n) is 4.29. The monoisotopic (exact) mass is 361 g/mol. The number of carbonyl (C=O) groups is 2. The van der Waals surface area contributed by atoms with Crippen LogP contribution in [0.5, 0.6) is 0 Å². The van der Waals surface area contributed by atoms with Gasteiger partial charge in [-0.15, -0.1) is 0 Å². The minimum atomic E-state index is -0.548. The minimum absolute atomic E-state index is 0.0785. The van der Waals surface area contributed by atoms with Crippen LogP contribution >= 0.6 is 24.0 Å². The quantitative estimate of drug-likeness (QED) is 0.608. The van der Waals surface area contributed by atoms with E-state index in [2.05, 4.69) is 13.8 Å². The molecule has 1 fully saturated rings. The van der Waals surface area contributed by atoms with Gasteiger partial charge >= 0.3 is 5.97 Å². The molecule has 1 aromatic rings. The van der Waals surface area contributed by atoms with Gasteiger partial charge < -0.3 is 4.74 Å². The highest BCUT2D eigenvalue weighted by Gasteiger charge is 2.38. The average Bonchev–Trinajstić information content (AvgIpc) is 3.11. The van der Waals surface area contributed by atoms with Crippen LogP contribution < -0.4 is 0 Å². The van der Waals surface area contributed by atoms with Crippen molar-refractivity contribution < 1.29 is 14.3 Å². The van der Waals surface area contributed by atoms with Crippen molar-refractivity contribution >= 4 is 45.7 Å². The summed E-state index contributed by atoms with van der Waals surface area (Å²) in [6, 6.07) is 9.65. The van der Waals surface area contributed by atoms with Gasteiger partial charge in [0, 0.05) is 23.4 Å². The Morgan fingerprint density at radius 3 is 2.75 bits per heavy atom. The third kappa shape index (κ3) is 3.39. The first-order valence-electron chi connectivity index (χ1n) is 7.94. The fraction of sp³-hybridized carbons (Fsp3) is 0.389. The predicted octanol–water partition coefficient (Wildman–Crippen LogP) is 3.27. The predicted molar refractivity (Wildman–Crippen MR) is 99.4 cm³/mol. The highest BCUT2D eigenvalue weighted by Crippen LogP contribution is 2.33. The van der Waals surface area contributed by atoms with Crippen LogP contribution in [0, 0.1) is 5.92 Å². The van der Waals surface area contributed by atoms with E-state index >= 15 is 0 Å². The summed E-state index contributed by atoms with van der Waals surface area (Å²) in [5.41, 5.74) is 1.66. The summed E-state index contributed by atoms with van der Waals surface area (Å²) in [5.74, 6) is 0.682. The number of cyclic esters (lactones) is 1. The number of amides is 1. The van der Waals surface area contributed by atoms with Crippen LogP contribution in [-0.4, -0.2) is 39.0 Å². The molecule has 0 unspecified atom stereocenters. The zero-order chi connectivity index (χ0) is 17.3. The number of ether oxygens (including phenoxy) is 1. The van der Waals surface area contributed by atoms with Gasteiger partial charge in [-0.1, -0.05) is 68.2 Å². The maximum absolute atomic E-state index is 12.8. The van der Waals surface area contributed by atoms with Gasteiger partial charge in [0.05, 0.1) is 6.42 Å². The van der Waals surface area contributed by atoms with Gasteiger partial charge in [-0.25, -0.2) is 4.79 Å². The van der Waals surface area contributed by atoms with Crippen LogP contribution in [0.2, 0.25) is 0 Å². The molecule has 24 heavy (non-hydrogen) atoms. The fourth-order valence-electron chi connectivity index (χ4n) is 2.98. The molecule has 0 bridgehead atoms. The zero-order valence-corrected chi connectivity index (χ0v) is 15.2. The summed E-state index contributed by atoms with van der Waals surface area (Å²) in [5, 5.41) is 0. The van der Waals surface area contributed by atoms with Gasteiger partial charge in [0.15, 0.2) is 0 Å². The van der Waals surface area contributed by atoms with Gasteiger partial charge in [0.1, 0.15) is 10.4 Å². The SMILES string of the molecule is CC(C)[C@H]1CSC(=S)N1C(=O)C[C@H]1OC(=O)C=C1c1ccccc1. The van der Waals surface area contributed by atoms with Crippen molar-refractivity contribution in [2.24, 2.45) is 5.92 Å². The number of hydrogen-bond donors (Lipinski definition) is 0. The molecule has 0 spiro atoms. The molecule has 2 aliphatic rings. The summed E-state index contributed by atoms with van der Waals surface area (Å²) in [6.07, 6.45) is 1.05. The van der Waals surface area contributed by atoms with E-state index in [1.54, 1.807) is 4.90 Å². The first-order valence-corrected chi connectivity index (χ1v) is 9.33. The number of esters is 1. The van der Waals surface area contributed by atoms with E-state index in [1.807, 2.05) is 30.3 Å². The van der Waals surface area contributed by atoms with Crippen LogP contribution in [0.15, 0.2) is 36.4 Å². The highest BCUT2D eigenvalue weighted by molar-refractivity contribution is 8.23. The molecule has 0 saturated carbocycles. The number of carbonyl (C=O) groups excluding carboxylic acids is 2. The molecule has 126 valence electrons. The largest absolute Gasteiger partial charge is 0.454 e. The molecule has 1 amide bonds. The lowest BCUT2D eigenvalue weighted by Crippen LogP contribution is -2.42. The van der Waals surface area contributed by atoms with Crippen LogP contribution in [-0.2, 0) is 14.3 Å². The molecule has 0 aliphatic carbocycles. The normalized spacial score (nSPS) is 23.6. The van der Waals surface area contributed by atoms with Crippen molar-refractivity contribution in [3.05, 3.63) is 42.0 Å². The van der Waals surface area contributed by atoms with Crippen LogP contribution in [0.4, 0.5) is 0 Å². The summed E-state index contributed by atoms with van der Waals surface area (Å²) < 4.78 is 5.98. The Labute approximate surface area is 151 Å². The van der Waals surface area contributed by atoms with E-state index in [-0.39, 0.29) is 18.4 Å². The molecular weight excluding hydrogens is 342 g/mol. The topological polar surface area (TPSA) is 46.6 Å². The highest BCUT2D eigenvalue weighted by atomic mass is 32.2. The molecule has 2 heterocycles. The molecular formula is C18H19NO3S2. The Hall–Kier alpha value is -1.66. The van der Waals surface area contributed by atoms with E-state index in [1.165, 1.54) is 17.8 Å². The molecule has 4 nitrogen and oxygen atoms in total. The van der Waals surface area contributed by atoms with E-state index in [4.69, 9.17) is 17.0 Å². The number of thiocarbonyl (C=S) groups is 1. The summed E-state index contributed by atoms with van der Waals surface area (Å²) >= 11 is 6.89. The molecule has 0 N–H and O–H groups in total. The fourth-order valence-corrected chi connectivity index (χ4v) is 4.64. The van der Waals surface area contributed by atoms with Gasteiger partial charge in [0.25, 0.3) is 0 Å². The number of thioether (sulfide) groups is 1. The smallest absolute Gasteiger partial charge is 0.331 e. The second-order valence-corrected chi connectivity index (χ2v) is 7.90. The lowest BCUT2D eigenvalue weighted by molar-refractivity contribution is -0.141. The standard InChI is InChI=1S/C18H19NO3S2/c1-11(2)14-10-24-18(23)19(14)16(20)9-15-13(8-17(21)22-15)12-6-4-3-5-7-12/h3-8,11,14-15H,9-10H2,1-2H3/t14-,15-/m1/s1. The molecule has 0 radical (unpaired) electrons. The summed E-state index contributed by atoms with van der Waals surface area (Å²) in [7, 11) is 0. The number of nitrogens with zero attached hydrogens (tertiary/aromatic N) is 1. The minimum Gasteiger partial charge on any atom is -0.454 e. The first kappa shape index (κ1) is 17.2. The maximum atomic E-state index is 12.8. The lowest BCUT2D eigenvalue weighted by atomic mass is 9.98. The van der Waals surface area contributed by atoms with E-state index in [0.29, 0.717) is 10.2 Å². The molecule has 2 aliphatic heterocycles. The van der Waals surface area contributed by atoms with E-state index < -0.39 is 12.1 Å². The van der Waals surface area contributed by atoms with Crippen molar-refractivity contribution in [1.29, 1.82) is 0 Å². The summed E-state index contributed by atoms with van der Waals surface area (Å²) in [6.45, 7) is 4.18. The van der Waals surface area contributed by atoms with Crippen molar-refractivity contribution in [3.8, 4) is 0 Å². The van der Waals surface area contributed by atoms with Crippen LogP contribution in [0.1, 0.15) is 25.8 Å². The first-order chi connectivity index (χ1) is 11.5. The van der Waals surface area contributed by atoms with Gasteiger partial charge in [0.2, 0.25) is 5.91 Å². The molecule has 1 saturated heterocycles. The second kappa shape index (κ2) is 7.07. The lowest BCUT2D eigenvalue weighted by Gasteiger charge is -2.27.